The summed E-state index contributed by atoms with van der Waals surface area (Å²) in [5.41, 5.74) is 2.03. The minimum absolute atomic E-state index is 0.423. The van der Waals surface area contributed by atoms with E-state index in [-0.39, 0.29) is 0 Å². The van der Waals surface area contributed by atoms with Crippen LogP contribution in [0.2, 0.25) is 0 Å². The van der Waals surface area contributed by atoms with Crippen LogP contribution in [0.4, 0.5) is 10.5 Å². The summed E-state index contributed by atoms with van der Waals surface area (Å²) in [5.74, 6) is 0.423. The van der Waals surface area contributed by atoms with E-state index in [0.717, 1.165) is 16.3 Å². The molecule has 0 radical (unpaired) electrons. The molecule has 2 rings (SSSR count). The number of carbonyl (C=O) groups excluding carboxylic acids is 1. The van der Waals surface area contributed by atoms with Gasteiger partial charge in [-0.1, -0.05) is 19.9 Å². The second kappa shape index (κ2) is 7.57. The molecule has 0 aliphatic carbocycles. The van der Waals surface area contributed by atoms with Crippen LogP contribution >= 0.6 is 11.3 Å². The third-order valence-corrected chi connectivity index (χ3v) is 3.78. The van der Waals surface area contributed by atoms with Crippen LogP contribution in [0, 0.1) is 0 Å². The molecule has 0 unspecified atom stereocenters. The maximum absolute atomic E-state index is 11.8. The van der Waals surface area contributed by atoms with Gasteiger partial charge in [0.2, 0.25) is 0 Å². The van der Waals surface area contributed by atoms with Gasteiger partial charge in [-0.15, -0.1) is 11.3 Å². The van der Waals surface area contributed by atoms with E-state index in [0.29, 0.717) is 11.6 Å². The molecule has 0 fully saturated rings. The molecule has 0 atom stereocenters. The van der Waals surface area contributed by atoms with Gasteiger partial charge in [0, 0.05) is 11.6 Å². The molecular formula is C18H23N3O2S. The van der Waals surface area contributed by atoms with Crippen LogP contribution in [0.25, 0.3) is 12.2 Å². The van der Waals surface area contributed by atoms with Crippen molar-refractivity contribution in [1.29, 1.82) is 0 Å². The van der Waals surface area contributed by atoms with Crippen LogP contribution in [0.5, 0.6) is 0 Å². The number of carbonyl (C=O) groups is 1. The molecule has 5 nitrogen and oxygen atoms in total. The van der Waals surface area contributed by atoms with E-state index in [1.165, 1.54) is 0 Å². The molecule has 6 heteroatoms. The lowest BCUT2D eigenvalue weighted by molar-refractivity contribution is 0.0636. The Morgan fingerprint density at radius 3 is 2.67 bits per heavy atom. The molecule has 0 bridgehead atoms. The summed E-state index contributed by atoms with van der Waals surface area (Å²) < 4.78 is 5.23. The van der Waals surface area contributed by atoms with Crippen LogP contribution in [-0.2, 0) is 4.74 Å². The van der Waals surface area contributed by atoms with Gasteiger partial charge in [0.1, 0.15) is 10.6 Å². The van der Waals surface area contributed by atoms with Crippen LogP contribution in [0.3, 0.4) is 0 Å². The predicted octanol–water partition coefficient (Wildman–Crippen LogP) is 5.18. The van der Waals surface area contributed by atoms with E-state index in [1.807, 2.05) is 39.0 Å². The number of hydrogen-bond donors (Lipinski definition) is 1. The van der Waals surface area contributed by atoms with E-state index in [4.69, 9.17) is 4.74 Å². The molecular weight excluding hydrogens is 322 g/mol. The molecule has 2 aromatic heterocycles. The summed E-state index contributed by atoms with van der Waals surface area (Å²) in [4.78, 5) is 20.5. The molecule has 2 heterocycles. The molecule has 0 saturated heterocycles. The highest BCUT2D eigenvalue weighted by Crippen LogP contribution is 2.20. The minimum Gasteiger partial charge on any atom is -0.444 e. The third kappa shape index (κ3) is 5.77. The fourth-order valence-electron chi connectivity index (χ4n) is 1.85. The standard InChI is InChI=1S/C18H23N3O2S/c1-12(2)15-11-24-16(21-15)7-6-13-8-14(10-19-9-13)20-17(22)23-18(3,4)5/h6-12H,1-5H3,(H,20,22)/b7-6+. The van der Waals surface area contributed by atoms with Crippen LogP contribution < -0.4 is 5.32 Å². The topological polar surface area (TPSA) is 64.1 Å². The van der Waals surface area contributed by atoms with Gasteiger partial charge in [-0.3, -0.25) is 10.3 Å². The zero-order valence-electron chi connectivity index (χ0n) is 14.7. The predicted molar refractivity (Wildman–Crippen MR) is 99.2 cm³/mol. The van der Waals surface area contributed by atoms with Crippen LogP contribution in [0.1, 0.15) is 56.8 Å². The normalized spacial score (nSPS) is 11.9. The molecule has 1 N–H and O–H groups in total. The van der Waals surface area contributed by atoms with Gasteiger partial charge >= 0.3 is 6.09 Å². The summed E-state index contributed by atoms with van der Waals surface area (Å²) >= 11 is 1.61. The SMILES string of the molecule is CC(C)c1csc(/C=C/c2cncc(NC(=O)OC(C)(C)C)c2)n1. The summed E-state index contributed by atoms with van der Waals surface area (Å²) in [6.45, 7) is 9.72. The molecule has 1 amide bonds. The van der Waals surface area contributed by atoms with Crippen molar-refractivity contribution in [1.82, 2.24) is 9.97 Å². The van der Waals surface area contributed by atoms with Crippen LogP contribution in [0.15, 0.2) is 23.8 Å². The summed E-state index contributed by atoms with van der Waals surface area (Å²) in [6, 6.07) is 1.84. The Bertz CT molecular complexity index is 730. The third-order valence-electron chi connectivity index (χ3n) is 2.95. The second-order valence-corrected chi connectivity index (χ2v) is 7.62. The average molecular weight is 345 g/mol. The number of nitrogens with zero attached hydrogens (tertiary/aromatic N) is 2. The fourth-order valence-corrected chi connectivity index (χ4v) is 2.72. The molecule has 0 spiro atoms. The smallest absolute Gasteiger partial charge is 0.412 e. The van der Waals surface area contributed by atoms with E-state index in [2.05, 4.69) is 34.5 Å². The number of pyridine rings is 1. The molecule has 0 aliphatic rings. The highest BCUT2D eigenvalue weighted by Gasteiger charge is 2.16. The average Bonchev–Trinajstić information content (AvgIpc) is 2.92. The Hall–Kier alpha value is -2.21. The second-order valence-electron chi connectivity index (χ2n) is 6.73. The number of anilines is 1. The first-order chi connectivity index (χ1) is 11.2. The molecule has 0 aromatic carbocycles. The molecule has 0 aliphatic heterocycles. The molecule has 128 valence electrons. The number of nitrogens with one attached hydrogen (secondary N) is 1. The molecule has 2 aromatic rings. The Balaban J connectivity index is 2.04. The van der Waals surface area contributed by atoms with Gasteiger partial charge in [-0.2, -0.15) is 0 Å². The minimum atomic E-state index is -0.534. The number of amides is 1. The Labute approximate surface area is 146 Å². The highest BCUT2D eigenvalue weighted by molar-refractivity contribution is 7.10. The van der Waals surface area contributed by atoms with Crippen molar-refractivity contribution in [3.63, 3.8) is 0 Å². The number of ether oxygens (including phenoxy) is 1. The largest absolute Gasteiger partial charge is 0.444 e. The number of aromatic nitrogens is 2. The van der Waals surface area contributed by atoms with Gasteiger partial charge in [0.25, 0.3) is 0 Å². The van der Waals surface area contributed by atoms with Crippen molar-refractivity contribution in [3.05, 3.63) is 40.1 Å². The van der Waals surface area contributed by atoms with Gasteiger partial charge in [0.15, 0.2) is 0 Å². The maximum atomic E-state index is 11.8. The first-order valence-electron chi connectivity index (χ1n) is 7.81. The first-order valence-corrected chi connectivity index (χ1v) is 8.69. The van der Waals surface area contributed by atoms with Gasteiger partial charge in [0.05, 0.1) is 17.6 Å². The Kier molecular flexibility index (Phi) is 5.72. The monoisotopic (exact) mass is 345 g/mol. The van der Waals surface area contributed by atoms with Crippen molar-refractivity contribution in [2.24, 2.45) is 0 Å². The quantitative estimate of drug-likeness (QED) is 0.829. The molecule has 0 saturated carbocycles. The van der Waals surface area contributed by atoms with Gasteiger partial charge < -0.3 is 4.74 Å². The van der Waals surface area contributed by atoms with E-state index in [9.17, 15) is 4.79 Å². The van der Waals surface area contributed by atoms with E-state index >= 15 is 0 Å². The van der Waals surface area contributed by atoms with Crippen molar-refractivity contribution >= 4 is 35.3 Å². The summed E-state index contributed by atoms with van der Waals surface area (Å²) in [6.07, 6.45) is 6.70. The Morgan fingerprint density at radius 1 is 1.29 bits per heavy atom. The number of hydrogen-bond acceptors (Lipinski definition) is 5. The zero-order chi connectivity index (χ0) is 17.7. The van der Waals surface area contributed by atoms with Crippen molar-refractivity contribution in [2.75, 3.05) is 5.32 Å². The zero-order valence-corrected chi connectivity index (χ0v) is 15.5. The lowest BCUT2D eigenvalue weighted by Gasteiger charge is -2.19. The van der Waals surface area contributed by atoms with Crippen molar-refractivity contribution in [2.45, 2.75) is 46.1 Å². The van der Waals surface area contributed by atoms with E-state index < -0.39 is 11.7 Å². The number of rotatable bonds is 4. The highest BCUT2D eigenvalue weighted by atomic mass is 32.1. The summed E-state index contributed by atoms with van der Waals surface area (Å²) in [5, 5.41) is 5.71. The lowest BCUT2D eigenvalue weighted by Crippen LogP contribution is -2.27. The maximum Gasteiger partial charge on any atom is 0.412 e. The van der Waals surface area contributed by atoms with Gasteiger partial charge in [-0.25, -0.2) is 9.78 Å². The Morgan fingerprint density at radius 2 is 2.04 bits per heavy atom. The fraction of sp³-hybridized carbons (Fsp3) is 0.389. The molecule has 24 heavy (non-hydrogen) atoms. The van der Waals surface area contributed by atoms with Crippen molar-refractivity contribution in [3.8, 4) is 0 Å². The lowest BCUT2D eigenvalue weighted by atomic mass is 10.2. The van der Waals surface area contributed by atoms with Gasteiger partial charge in [-0.05, 0) is 44.4 Å². The summed E-state index contributed by atoms with van der Waals surface area (Å²) in [7, 11) is 0. The number of thiazole rings is 1. The van der Waals surface area contributed by atoms with Crippen LogP contribution in [-0.4, -0.2) is 21.7 Å². The van der Waals surface area contributed by atoms with E-state index in [1.54, 1.807) is 23.7 Å². The van der Waals surface area contributed by atoms with Crippen molar-refractivity contribution < 1.29 is 9.53 Å². The first kappa shape index (κ1) is 18.1.